The van der Waals surface area contributed by atoms with Gasteiger partial charge in [-0.05, 0) is 50.5 Å². The fourth-order valence-electron chi connectivity index (χ4n) is 4.00. The zero-order valence-corrected chi connectivity index (χ0v) is 22.0. The largest absolute Gasteiger partial charge is 0.494 e. The fourth-order valence-corrected chi connectivity index (χ4v) is 4.00. The van der Waals surface area contributed by atoms with Crippen LogP contribution in [0.3, 0.4) is 0 Å². The van der Waals surface area contributed by atoms with E-state index < -0.39 is 11.9 Å². The Labute approximate surface area is 219 Å². The van der Waals surface area contributed by atoms with Gasteiger partial charge in [0.1, 0.15) is 17.6 Å². The molecule has 0 saturated heterocycles. The Morgan fingerprint density at radius 1 is 0.973 bits per heavy atom. The van der Waals surface area contributed by atoms with Crippen molar-refractivity contribution < 1.29 is 18.7 Å². The minimum atomic E-state index is -0.776. The Bertz CT molecular complexity index is 1130. The Hall–Kier alpha value is -3.67. The van der Waals surface area contributed by atoms with Gasteiger partial charge >= 0.3 is 0 Å². The van der Waals surface area contributed by atoms with Crippen molar-refractivity contribution in [3.8, 4) is 5.75 Å². The number of amides is 2. The van der Waals surface area contributed by atoms with Crippen molar-refractivity contribution in [2.24, 2.45) is 0 Å². The third-order valence-electron chi connectivity index (χ3n) is 6.40. The van der Waals surface area contributed by atoms with E-state index in [2.05, 4.69) is 5.32 Å². The molecule has 2 amide bonds. The number of ether oxygens (including phenoxy) is 1. The highest BCUT2D eigenvalue weighted by molar-refractivity contribution is 5.88. The first-order valence-electron chi connectivity index (χ1n) is 12.9. The summed E-state index contributed by atoms with van der Waals surface area (Å²) in [5.74, 6) is -0.102. The molecular weight excluding hydrogens is 467 g/mol. The predicted molar refractivity (Wildman–Crippen MR) is 145 cm³/mol. The fraction of sp³-hybridized carbons (Fsp3) is 0.355. The summed E-state index contributed by atoms with van der Waals surface area (Å²) < 4.78 is 20.4. The van der Waals surface area contributed by atoms with Crippen molar-refractivity contribution in [1.82, 2.24) is 10.2 Å². The van der Waals surface area contributed by atoms with Crippen LogP contribution in [-0.4, -0.2) is 35.4 Å². The lowest BCUT2D eigenvalue weighted by atomic mass is 10.0. The van der Waals surface area contributed by atoms with Crippen molar-refractivity contribution in [1.29, 1.82) is 0 Å². The second kappa shape index (κ2) is 14.2. The minimum Gasteiger partial charge on any atom is -0.494 e. The first kappa shape index (κ1) is 27.9. The summed E-state index contributed by atoms with van der Waals surface area (Å²) in [6, 6.07) is 22.9. The number of hydrogen-bond donors (Lipinski definition) is 1. The zero-order valence-electron chi connectivity index (χ0n) is 22.0. The van der Waals surface area contributed by atoms with E-state index in [1.165, 1.54) is 11.0 Å². The predicted octanol–water partition coefficient (Wildman–Crippen LogP) is 5.85. The number of carbonyl (C=O) groups excluding carboxylic acids is 2. The van der Waals surface area contributed by atoms with E-state index in [9.17, 15) is 14.0 Å². The smallest absolute Gasteiger partial charge is 0.243 e. The quantitative estimate of drug-likeness (QED) is 0.297. The number of halogens is 1. The van der Waals surface area contributed by atoms with Gasteiger partial charge in [-0.15, -0.1) is 0 Å². The summed E-state index contributed by atoms with van der Waals surface area (Å²) >= 11 is 0. The van der Waals surface area contributed by atoms with Gasteiger partial charge in [0.25, 0.3) is 0 Å². The standard InChI is InChI=1S/C31H37FN2O3/c1-4-24(3)33-31(36)29(21-25-11-6-5-7-12-25)34(22-26-13-8-9-14-28(26)32)30(35)15-10-20-37-27-18-16-23(2)17-19-27/h5-9,11-14,16-19,24,29H,4,10,15,20-22H2,1-3H3,(H,33,36)/t24-,29+/m0/s1. The van der Waals surface area contributed by atoms with Crippen molar-refractivity contribution >= 4 is 11.8 Å². The summed E-state index contributed by atoms with van der Waals surface area (Å²) in [5.41, 5.74) is 2.45. The van der Waals surface area contributed by atoms with E-state index in [1.807, 2.05) is 75.4 Å². The summed E-state index contributed by atoms with van der Waals surface area (Å²) in [7, 11) is 0. The molecule has 3 aromatic carbocycles. The van der Waals surface area contributed by atoms with Crippen LogP contribution in [0.15, 0.2) is 78.9 Å². The van der Waals surface area contributed by atoms with Crippen molar-refractivity contribution in [3.05, 3.63) is 101 Å². The molecular formula is C31H37FN2O3. The Morgan fingerprint density at radius 3 is 2.32 bits per heavy atom. The van der Waals surface area contributed by atoms with E-state index in [-0.39, 0.29) is 30.8 Å². The van der Waals surface area contributed by atoms with Gasteiger partial charge < -0.3 is 15.0 Å². The van der Waals surface area contributed by atoms with Gasteiger partial charge in [-0.3, -0.25) is 9.59 Å². The van der Waals surface area contributed by atoms with Gasteiger partial charge in [-0.1, -0.05) is 73.2 Å². The zero-order chi connectivity index (χ0) is 26.6. The normalized spacial score (nSPS) is 12.4. The maximum Gasteiger partial charge on any atom is 0.243 e. The van der Waals surface area contributed by atoms with E-state index >= 15 is 0 Å². The van der Waals surface area contributed by atoms with Gasteiger partial charge in [-0.2, -0.15) is 0 Å². The number of rotatable bonds is 13. The van der Waals surface area contributed by atoms with E-state index in [4.69, 9.17) is 4.74 Å². The molecule has 3 rings (SSSR count). The number of carbonyl (C=O) groups is 2. The summed E-state index contributed by atoms with van der Waals surface area (Å²) in [4.78, 5) is 28.6. The topological polar surface area (TPSA) is 58.6 Å². The number of aryl methyl sites for hydroxylation is 1. The second-order valence-electron chi connectivity index (χ2n) is 9.40. The minimum absolute atomic E-state index is 0.00967. The van der Waals surface area contributed by atoms with Crippen LogP contribution in [0.4, 0.5) is 4.39 Å². The molecule has 6 heteroatoms. The molecule has 196 valence electrons. The molecule has 0 aliphatic carbocycles. The van der Waals surface area contributed by atoms with Crippen LogP contribution in [0.1, 0.15) is 49.8 Å². The lowest BCUT2D eigenvalue weighted by molar-refractivity contribution is -0.141. The summed E-state index contributed by atoms with van der Waals surface area (Å²) in [6.07, 6.45) is 1.76. The SMILES string of the molecule is CC[C@H](C)NC(=O)[C@@H](Cc1ccccc1)N(Cc1ccccc1F)C(=O)CCCOc1ccc(C)cc1. The molecule has 5 nitrogen and oxygen atoms in total. The highest BCUT2D eigenvalue weighted by atomic mass is 19.1. The average Bonchev–Trinajstić information content (AvgIpc) is 2.91. The van der Waals surface area contributed by atoms with Crippen LogP contribution >= 0.6 is 0 Å². The summed E-state index contributed by atoms with van der Waals surface area (Å²) in [5, 5.41) is 3.03. The van der Waals surface area contributed by atoms with Crippen LogP contribution in [-0.2, 0) is 22.6 Å². The van der Waals surface area contributed by atoms with Crippen molar-refractivity contribution in [2.75, 3.05) is 6.61 Å². The van der Waals surface area contributed by atoms with Crippen LogP contribution in [0, 0.1) is 12.7 Å². The first-order chi connectivity index (χ1) is 17.9. The lowest BCUT2D eigenvalue weighted by Gasteiger charge is -2.32. The van der Waals surface area contributed by atoms with Crippen LogP contribution < -0.4 is 10.1 Å². The van der Waals surface area contributed by atoms with Crippen molar-refractivity contribution in [3.63, 3.8) is 0 Å². The number of nitrogens with one attached hydrogen (secondary N) is 1. The maximum absolute atomic E-state index is 14.6. The van der Waals surface area contributed by atoms with Gasteiger partial charge in [-0.25, -0.2) is 4.39 Å². The van der Waals surface area contributed by atoms with Gasteiger partial charge in [0.2, 0.25) is 11.8 Å². The number of hydrogen-bond acceptors (Lipinski definition) is 3. The maximum atomic E-state index is 14.6. The molecule has 3 aromatic rings. The van der Waals surface area contributed by atoms with E-state index in [0.717, 1.165) is 23.3 Å². The highest BCUT2D eigenvalue weighted by Gasteiger charge is 2.31. The lowest BCUT2D eigenvalue weighted by Crippen LogP contribution is -2.52. The average molecular weight is 505 g/mol. The number of nitrogens with zero attached hydrogens (tertiary/aromatic N) is 1. The molecule has 0 aliphatic rings. The molecule has 37 heavy (non-hydrogen) atoms. The Morgan fingerprint density at radius 2 is 1.65 bits per heavy atom. The van der Waals surface area contributed by atoms with Crippen LogP contribution in [0.5, 0.6) is 5.75 Å². The molecule has 1 N–H and O–H groups in total. The van der Waals surface area contributed by atoms with E-state index in [1.54, 1.807) is 18.2 Å². The molecule has 0 aliphatic heterocycles. The summed E-state index contributed by atoms with van der Waals surface area (Å²) in [6.45, 7) is 6.31. The van der Waals surface area contributed by atoms with Gasteiger partial charge in [0.05, 0.1) is 6.61 Å². The number of benzene rings is 3. The third kappa shape index (κ3) is 8.74. The molecule has 0 saturated carbocycles. The second-order valence-corrected chi connectivity index (χ2v) is 9.40. The molecule has 0 heterocycles. The first-order valence-corrected chi connectivity index (χ1v) is 12.9. The Balaban J connectivity index is 1.80. The molecule has 0 radical (unpaired) electrons. The molecule has 0 fully saturated rings. The molecule has 0 aromatic heterocycles. The highest BCUT2D eigenvalue weighted by Crippen LogP contribution is 2.19. The van der Waals surface area contributed by atoms with Crippen LogP contribution in [0.2, 0.25) is 0 Å². The molecule has 2 atom stereocenters. The van der Waals surface area contributed by atoms with Crippen molar-refractivity contribution in [2.45, 2.75) is 65.1 Å². The van der Waals surface area contributed by atoms with Gasteiger partial charge in [0, 0.05) is 31.0 Å². The van der Waals surface area contributed by atoms with Gasteiger partial charge in [0.15, 0.2) is 0 Å². The van der Waals surface area contributed by atoms with E-state index in [0.29, 0.717) is 25.0 Å². The molecule has 0 spiro atoms. The van der Waals surface area contributed by atoms with Crippen LogP contribution in [0.25, 0.3) is 0 Å². The third-order valence-corrected chi connectivity index (χ3v) is 6.40. The molecule has 0 bridgehead atoms. The Kier molecular flexibility index (Phi) is 10.7. The molecule has 0 unspecified atom stereocenters. The monoisotopic (exact) mass is 504 g/mol.